The van der Waals surface area contributed by atoms with Crippen LogP contribution in [0.25, 0.3) is 21.9 Å². The van der Waals surface area contributed by atoms with Crippen LogP contribution in [0.2, 0.25) is 0 Å². The minimum atomic E-state index is -0.516. The molecule has 0 bridgehead atoms. The van der Waals surface area contributed by atoms with Crippen LogP contribution in [0.1, 0.15) is 10.4 Å². The van der Waals surface area contributed by atoms with Crippen LogP contribution in [0, 0.1) is 11.6 Å². The summed E-state index contributed by atoms with van der Waals surface area (Å²) in [6.45, 7) is 0. The number of ether oxygens (including phenoxy) is 1. The maximum Gasteiger partial charge on any atom is 0.337 e. The molecule has 0 aliphatic heterocycles. The summed E-state index contributed by atoms with van der Waals surface area (Å²) >= 11 is 0. The molecule has 0 N–H and O–H groups in total. The molecule has 3 aromatic rings. The standard InChI is InChI=1S/C18H12F2O2/c1-22-18(21)12-6-5-11-3-2-4-14(15(11)9-12)16-10-13(19)7-8-17(16)20/h2-10H,1H3. The van der Waals surface area contributed by atoms with Gasteiger partial charge in [-0.25, -0.2) is 13.6 Å². The molecule has 2 nitrogen and oxygen atoms in total. The van der Waals surface area contributed by atoms with Crippen molar-refractivity contribution in [2.24, 2.45) is 0 Å². The number of rotatable bonds is 2. The van der Waals surface area contributed by atoms with Gasteiger partial charge in [-0.15, -0.1) is 0 Å². The number of fused-ring (bicyclic) bond motifs is 1. The fourth-order valence-electron chi connectivity index (χ4n) is 2.46. The van der Waals surface area contributed by atoms with Crippen molar-refractivity contribution in [3.8, 4) is 11.1 Å². The van der Waals surface area contributed by atoms with E-state index in [1.54, 1.807) is 30.3 Å². The molecule has 4 heteroatoms. The average molecular weight is 298 g/mol. The summed E-state index contributed by atoms with van der Waals surface area (Å²) in [7, 11) is 1.30. The maximum atomic E-state index is 14.1. The molecule has 0 aliphatic rings. The Morgan fingerprint density at radius 3 is 2.55 bits per heavy atom. The van der Waals surface area contributed by atoms with Gasteiger partial charge < -0.3 is 4.74 Å². The molecule has 3 rings (SSSR count). The third-order valence-corrected chi connectivity index (χ3v) is 3.52. The topological polar surface area (TPSA) is 26.3 Å². The Balaban J connectivity index is 2.29. The van der Waals surface area contributed by atoms with Gasteiger partial charge in [0.2, 0.25) is 0 Å². The first-order valence-electron chi connectivity index (χ1n) is 6.66. The molecule has 0 heterocycles. The molecular formula is C18H12F2O2. The van der Waals surface area contributed by atoms with Gasteiger partial charge in [-0.05, 0) is 46.7 Å². The van der Waals surface area contributed by atoms with E-state index in [4.69, 9.17) is 4.74 Å². The molecule has 22 heavy (non-hydrogen) atoms. The molecule has 0 saturated carbocycles. The summed E-state index contributed by atoms with van der Waals surface area (Å²) in [5.74, 6) is -1.51. The molecule has 3 aromatic carbocycles. The molecule has 0 radical (unpaired) electrons. The molecule has 0 unspecified atom stereocenters. The van der Waals surface area contributed by atoms with E-state index in [1.165, 1.54) is 7.11 Å². The molecule has 0 atom stereocenters. The maximum absolute atomic E-state index is 14.1. The van der Waals surface area contributed by atoms with Crippen molar-refractivity contribution in [1.82, 2.24) is 0 Å². The second-order valence-electron chi connectivity index (χ2n) is 4.86. The zero-order valence-corrected chi connectivity index (χ0v) is 11.8. The third-order valence-electron chi connectivity index (χ3n) is 3.52. The van der Waals surface area contributed by atoms with Crippen LogP contribution in [0.5, 0.6) is 0 Å². The Morgan fingerprint density at radius 2 is 1.77 bits per heavy atom. The highest BCUT2D eigenvalue weighted by Gasteiger charge is 2.12. The number of hydrogen-bond donors (Lipinski definition) is 0. The highest BCUT2D eigenvalue weighted by atomic mass is 19.1. The Kier molecular flexibility index (Phi) is 3.59. The van der Waals surface area contributed by atoms with Gasteiger partial charge in [-0.1, -0.05) is 24.3 Å². The minimum Gasteiger partial charge on any atom is -0.465 e. The fraction of sp³-hybridized carbons (Fsp3) is 0.0556. The number of benzene rings is 3. The normalized spacial score (nSPS) is 10.7. The van der Waals surface area contributed by atoms with E-state index in [2.05, 4.69) is 0 Å². The first-order valence-corrected chi connectivity index (χ1v) is 6.66. The van der Waals surface area contributed by atoms with Crippen LogP contribution < -0.4 is 0 Å². The molecular weight excluding hydrogens is 286 g/mol. The number of esters is 1. The number of methoxy groups -OCH3 is 1. The van der Waals surface area contributed by atoms with Gasteiger partial charge >= 0.3 is 5.97 Å². The van der Waals surface area contributed by atoms with Crippen molar-refractivity contribution in [3.05, 3.63) is 71.8 Å². The monoisotopic (exact) mass is 298 g/mol. The van der Waals surface area contributed by atoms with Crippen LogP contribution in [0.4, 0.5) is 8.78 Å². The van der Waals surface area contributed by atoms with Gasteiger partial charge in [0.05, 0.1) is 12.7 Å². The number of carbonyl (C=O) groups excluding carboxylic acids is 1. The average Bonchev–Trinajstić information content (AvgIpc) is 2.55. The lowest BCUT2D eigenvalue weighted by Crippen LogP contribution is -2.00. The number of halogens is 2. The summed E-state index contributed by atoms with van der Waals surface area (Å²) in [5.41, 5.74) is 1.05. The van der Waals surface area contributed by atoms with Crippen molar-refractivity contribution in [2.45, 2.75) is 0 Å². The van der Waals surface area contributed by atoms with Gasteiger partial charge in [0, 0.05) is 5.56 Å². The Hall–Kier alpha value is -2.75. The van der Waals surface area contributed by atoms with Crippen LogP contribution >= 0.6 is 0 Å². The van der Waals surface area contributed by atoms with Gasteiger partial charge in [0.1, 0.15) is 11.6 Å². The van der Waals surface area contributed by atoms with Crippen LogP contribution in [-0.2, 0) is 4.74 Å². The van der Waals surface area contributed by atoms with E-state index in [0.717, 1.165) is 23.6 Å². The molecule has 0 aliphatic carbocycles. The summed E-state index contributed by atoms with van der Waals surface area (Å²) in [4.78, 5) is 11.7. The van der Waals surface area contributed by atoms with Crippen molar-refractivity contribution in [2.75, 3.05) is 7.11 Å². The highest BCUT2D eigenvalue weighted by Crippen LogP contribution is 2.31. The van der Waals surface area contributed by atoms with E-state index in [9.17, 15) is 13.6 Å². The quantitative estimate of drug-likeness (QED) is 0.648. The third kappa shape index (κ3) is 2.44. The highest BCUT2D eigenvalue weighted by molar-refractivity contribution is 6.01. The second-order valence-corrected chi connectivity index (χ2v) is 4.86. The van der Waals surface area contributed by atoms with Crippen LogP contribution in [-0.4, -0.2) is 13.1 Å². The lowest BCUT2D eigenvalue weighted by Gasteiger charge is -2.09. The molecule has 0 amide bonds. The zero-order valence-electron chi connectivity index (χ0n) is 11.8. The van der Waals surface area contributed by atoms with Crippen molar-refractivity contribution < 1.29 is 18.3 Å². The van der Waals surface area contributed by atoms with E-state index in [1.807, 2.05) is 6.07 Å². The Morgan fingerprint density at radius 1 is 0.955 bits per heavy atom. The van der Waals surface area contributed by atoms with Gasteiger partial charge in [-0.3, -0.25) is 0 Å². The van der Waals surface area contributed by atoms with Gasteiger partial charge in [0.25, 0.3) is 0 Å². The van der Waals surface area contributed by atoms with Crippen LogP contribution in [0.15, 0.2) is 54.6 Å². The molecule has 0 fully saturated rings. The van der Waals surface area contributed by atoms with Gasteiger partial charge in [-0.2, -0.15) is 0 Å². The summed E-state index contributed by atoms with van der Waals surface area (Å²) in [6.07, 6.45) is 0. The predicted octanol–water partition coefficient (Wildman–Crippen LogP) is 4.57. The number of carbonyl (C=O) groups is 1. The zero-order chi connectivity index (χ0) is 15.7. The van der Waals surface area contributed by atoms with Crippen molar-refractivity contribution >= 4 is 16.7 Å². The lowest BCUT2D eigenvalue weighted by atomic mass is 9.96. The summed E-state index contributed by atoms with van der Waals surface area (Å²) < 4.78 is 32.2. The first-order chi connectivity index (χ1) is 10.6. The van der Waals surface area contributed by atoms with Crippen molar-refractivity contribution in [3.63, 3.8) is 0 Å². The van der Waals surface area contributed by atoms with Crippen molar-refractivity contribution in [1.29, 1.82) is 0 Å². The first kappa shape index (κ1) is 14.2. The second kappa shape index (κ2) is 5.56. The van der Waals surface area contributed by atoms with E-state index in [-0.39, 0.29) is 5.56 Å². The van der Waals surface area contributed by atoms with E-state index >= 15 is 0 Å². The molecule has 0 spiro atoms. The number of hydrogen-bond acceptors (Lipinski definition) is 2. The smallest absolute Gasteiger partial charge is 0.337 e. The SMILES string of the molecule is COC(=O)c1ccc2cccc(-c3cc(F)ccc3F)c2c1. The summed E-state index contributed by atoms with van der Waals surface area (Å²) in [5, 5.41) is 1.49. The largest absolute Gasteiger partial charge is 0.465 e. The lowest BCUT2D eigenvalue weighted by molar-refractivity contribution is 0.0601. The minimum absolute atomic E-state index is 0.160. The molecule has 110 valence electrons. The Bertz CT molecular complexity index is 872. The fourth-order valence-corrected chi connectivity index (χ4v) is 2.46. The van der Waals surface area contributed by atoms with E-state index < -0.39 is 17.6 Å². The summed E-state index contributed by atoms with van der Waals surface area (Å²) in [6, 6.07) is 13.6. The molecule has 0 saturated heterocycles. The van der Waals surface area contributed by atoms with Crippen LogP contribution in [0.3, 0.4) is 0 Å². The predicted molar refractivity (Wildman–Crippen MR) is 80.6 cm³/mol. The molecule has 0 aromatic heterocycles. The Labute approximate surface area is 126 Å². The van der Waals surface area contributed by atoms with Gasteiger partial charge in [0.15, 0.2) is 0 Å². The van der Waals surface area contributed by atoms with E-state index in [0.29, 0.717) is 16.5 Å².